The molecule has 3 aromatic carbocycles. The van der Waals surface area contributed by atoms with E-state index in [1.807, 2.05) is 67.1 Å². The lowest BCUT2D eigenvalue weighted by molar-refractivity contribution is -0.137. The van der Waals surface area contributed by atoms with Gasteiger partial charge < -0.3 is 4.57 Å². The molecule has 0 unspecified atom stereocenters. The van der Waals surface area contributed by atoms with Crippen LogP contribution in [0.4, 0.5) is 13.2 Å². The number of hydrogen-bond acceptors (Lipinski definition) is 0. The van der Waals surface area contributed by atoms with Crippen molar-refractivity contribution in [2.24, 2.45) is 7.05 Å². The topological polar surface area (TPSA) is 4.93 Å². The van der Waals surface area contributed by atoms with Crippen LogP contribution in [0, 0.1) is 6.92 Å². The third-order valence-electron chi connectivity index (χ3n) is 4.93. The second-order valence-electron chi connectivity index (χ2n) is 6.71. The number of aromatic nitrogens is 1. The largest absolute Gasteiger partial charge is 0.417 e. The zero-order valence-corrected chi connectivity index (χ0v) is 15.0. The van der Waals surface area contributed by atoms with Gasteiger partial charge in [-0.2, -0.15) is 13.2 Å². The molecule has 0 atom stereocenters. The Morgan fingerprint density at radius 3 is 2.11 bits per heavy atom. The highest BCUT2D eigenvalue weighted by molar-refractivity contribution is 6.04. The number of nitrogens with zero attached hydrogens (tertiary/aromatic N) is 1. The number of aryl methyl sites for hydroxylation is 2. The Labute approximate surface area is 155 Å². The van der Waals surface area contributed by atoms with Crippen LogP contribution in [0.1, 0.15) is 11.1 Å². The van der Waals surface area contributed by atoms with Crippen LogP contribution in [-0.4, -0.2) is 4.57 Å². The van der Waals surface area contributed by atoms with Gasteiger partial charge in [0.15, 0.2) is 0 Å². The quantitative estimate of drug-likeness (QED) is 0.366. The molecule has 0 spiro atoms. The predicted molar refractivity (Wildman–Crippen MR) is 104 cm³/mol. The van der Waals surface area contributed by atoms with Crippen molar-refractivity contribution in [3.05, 3.63) is 83.9 Å². The Hall–Kier alpha value is -3.01. The van der Waals surface area contributed by atoms with E-state index in [0.717, 1.165) is 33.7 Å². The van der Waals surface area contributed by atoms with Gasteiger partial charge in [0.2, 0.25) is 0 Å². The van der Waals surface area contributed by atoms with Gasteiger partial charge in [0.1, 0.15) is 0 Å². The summed E-state index contributed by atoms with van der Waals surface area (Å²) >= 11 is 0. The number of rotatable bonds is 2. The number of alkyl halides is 3. The summed E-state index contributed by atoms with van der Waals surface area (Å²) in [6, 6.07) is 21.4. The molecule has 0 saturated carbocycles. The maximum Gasteiger partial charge on any atom is 0.417 e. The highest BCUT2D eigenvalue weighted by atomic mass is 19.4. The predicted octanol–water partition coefficient (Wildman–Crippen LogP) is 6.84. The lowest BCUT2D eigenvalue weighted by Crippen LogP contribution is -2.08. The third kappa shape index (κ3) is 2.91. The first-order valence-corrected chi connectivity index (χ1v) is 8.69. The van der Waals surface area contributed by atoms with Gasteiger partial charge in [-0.1, -0.05) is 66.2 Å². The SMILES string of the molecule is Cc1ccc(-c2c(-c3ccccc3C(F)(F)F)n(C)c3ccccc23)cc1. The number of para-hydroxylation sites is 1. The van der Waals surface area contributed by atoms with E-state index in [0.29, 0.717) is 5.69 Å². The first-order chi connectivity index (χ1) is 12.9. The van der Waals surface area contributed by atoms with E-state index in [1.165, 1.54) is 6.07 Å². The van der Waals surface area contributed by atoms with Crippen molar-refractivity contribution in [3.8, 4) is 22.4 Å². The average molecular weight is 365 g/mol. The van der Waals surface area contributed by atoms with Crippen LogP contribution in [0.15, 0.2) is 72.8 Å². The summed E-state index contributed by atoms with van der Waals surface area (Å²) in [4.78, 5) is 0. The Kier molecular flexibility index (Phi) is 4.06. The molecule has 0 saturated heterocycles. The molecule has 27 heavy (non-hydrogen) atoms. The van der Waals surface area contributed by atoms with E-state index >= 15 is 0 Å². The smallest absolute Gasteiger partial charge is 0.343 e. The van der Waals surface area contributed by atoms with Gasteiger partial charge in [0.25, 0.3) is 0 Å². The van der Waals surface area contributed by atoms with Gasteiger partial charge in [-0.05, 0) is 24.6 Å². The molecule has 0 radical (unpaired) electrons. The van der Waals surface area contributed by atoms with Crippen molar-refractivity contribution >= 4 is 10.9 Å². The van der Waals surface area contributed by atoms with Gasteiger partial charge in [0.05, 0.1) is 11.3 Å². The van der Waals surface area contributed by atoms with Crippen LogP contribution in [0.2, 0.25) is 0 Å². The molecule has 0 bridgehead atoms. The summed E-state index contributed by atoms with van der Waals surface area (Å²) in [6.45, 7) is 1.99. The van der Waals surface area contributed by atoms with Crippen molar-refractivity contribution in [2.75, 3.05) is 0 Å². The van der Waals surface area contributed by atoms with Gasteiger partial charge in [-0.3, -0.25) is 0 Å². The van der Waals surface area contributed by atoms with E-state index in [-0.39, 0.29) is 5.56 Å². The first kappa shape index (κ1) is 17.4. The summed E-state index contributed by atoms with van der Waals surface area (Å²) in [5.74, 6) is 0. The minimum absolute atomic E-state index is 0.194. The summed E-state index contributed by atoms with van der Waals surface area (Å²) in [5, 5.41) is 0.941. The molecular formula is C23H18F3N. The van der Waals surface area contributed by atoms with Crippen molar-refractivity contribution in [1.82, 2.24) is 4.57 Å². The molecule has 4 aromatic rings. The van der Waals surface area contributed by atoms with Crippen molar-refractivity contribution in [1.29, 1.82) is 0 Å². The van der Waals surface area contributed by atoms with Gasteiger partial charge in [-0.25, -0.2) is 0 Å². The molecular weight excluding hydrogens is 347 g/mol. The molecule has 0 amide bonds. The Bertz CT molecular complexity index is 1120. The number of halogens is 3. The highest BCUT2D eigenvalue weighted by Gasteiger charge is 2.35. The zero-order chi connectivity index (χ0) is 19.2. The minimum atomic E-state index is -4.42. The molecule has 4 rings (SSSR count). The first-order valence-electron chi connectivity index (χ1n) is 8.69. The molecule has 0 fully saturated rings. The summed E-state index contributed by atoms with van der Waals surface area (Å²) in [5.41, 5.74) is 3.89. The molecule has 0 aliphatic heterocycles. The normalized spacial score (nSPS) is 11.9. The van der Waals surface area contributed by atoms with Crippen LogP contribution in [0.5, 0.6) is 0 Å². The molecule has 1 aromatic heterocycles. The maximum atomic E-state index is 13.7. The maximum absolute atomic E-state index is 13.7. The molecule has 0 aliphatic carbocycles. The average Bonchev–Trinajstić information content (AvgIpc) is 2.95. The van der Waals surface area contributed by atoms with E-state index in [4.69, 9.17) is 0 Å². The van der Waals surface area contributed by atoms with Crippen LogP contribution < -0.4 is 0 Å². The lowest BCUT2D eigenvalue weighted by atomic mass is 9.95. The lowest BCUT2D eigenvalue weighted by Gasteiger charge is -2.15. The fourth-order valence-electron chi connectivity index (χ4n) is 3.66. The van der Waals surface area contributed by atoms with Crippen LogP contribution in [-0.2, 0) is 13.2 Å². The van der Waals surface area contributed by atoms with Gasteiger partial charge in [0, 0.05) is 29.1 Å². The Morgan fingerprint density at radius 2 is 1.41 bits per heavy atom. The molecule has 1 nitrogen and oxygen atoms in total. The summed E-state index contributed by atoms with van der Waals surface area (Å²) in [7, 11) is 1.82. The second kappa shape index (κ2) is 6.31. The minimum Gasteiger partial charge on any atom is -0.343 e. The monoisotopic (exact) mass is 365 g/mol. The standard InChI is InChI=1S/C23H18F3N/c1-15-11-13-16(14-12-15)21-18-8-4-6-10-20(18)27(2)22(21)17-7-3-5-9-19(17)23(24,25)26/h3-14H,1-2H3. The molecule has 1 heterocycles. The van der Waals surface area contributed by atoms with Gasteiger partial charge >= 0.3 is 6.18 Å². The van der Waals surface area contributed by atoms with Crippen LogP contribution in [0.3, 0.4) is 0 Å². The summed E-state index contributed by atoms with van der Waals surface area (Å²) < 4.78 is 43.0. The van der Waals surface area contributed by atoms with E-state index < -0.39 is 11.7 Å². The van der Waals surface area contributed by atoms with E-state index in [9.17, 15) is 13.2 Å². The van der Waals surface area contributed by atoms with Crippen LogP contribution >= 0.6 is 0 Å². The molecule has 4 heteroatoms. The third-order valence-corrected chi connectivity index (χ3v) is 4.93. The van der Waals surface area contributed by atoms with E-state index in [1.54, 1.807) is 12.1 Å². The number of benzene rings is 3. The van der Waals surface area contributed by atoms with Crippen molar-refractivity contribution in [3.63, 3.8) is 0 Å². The molecule has 0 aliphatic rings. The summed E-state index contributed by atoms with van der Waals surface area (Å²) in [6.07, 6.45) is -4.42. The number of fused-ring (bicyclic) bond motifs is 1. The molecule has 0 N–H and O–H groups in total. The van der Waals surface area contributed by atoms with E-state index in [2.05, 4.69) is 0 Å². The Balaban J connectivity index is 2.12. The second-order valence-corrected chi connectivity index (χ2v) is 6.71. The molecule has 136 valence electrons. The fourth-order valence-corrected chi connectivity index (χ4v) is 3.66. The van der Waals surface area contributed by atoms with Crippen LogP contribution in [0.25, 0.3) is 33.3 Å². The fraction of sp³-hybridized carbons (Fsp3) is 0.130. The highest BCUT2D eigenvalue weighted by Crippen LogP contribution is 2.44. The van der Waals surface area contributed by atoms with Crippen molar-refractivity contribution in [2.45, 2.75) is 13.1 Å². The van der Waals surface area contributed by atoms with Crippen molar-refractivity contribution < 1.29 is 13.2 Å². The number of hydrogen-bond donors (Lipinski definition) is 0. The zero-order valence-electron chi connectivity index (χ0n) is 15.0. The Morgan fingerprint density at radius 1 is 0.778 bits per heavy atom. The van der Waals surface area contributed by atoms with Gasteiger partial charge in [-0.15, -0.1) is 0 Å².